The standard InChI is InChI=1S/C19H17ClN6OS/c1-12(21)13-4-7-15(8-5-13)28(27)24-16-9-6-14(20)11-18(16)26-17-3-2-10-22-19(17)23-25-26/h2-12,24H,21H2,1H3. The summed E-state index contributed by atoms with van der Waals surface area (Å²) >= 11 is 6.19. The zero-order valence-electron chi connectivity index (χ0n) is 14.9. The SMILES string of the molecule is CC(N)c1ccc(S(=O)Nc2ccc(Cl)cc2-n2nnc3ncccc32)cc1. The summed E-state index contributed by atoms with van der Waals surface area (Å²) in [6.07, 6.45) is 1.65. The van der Waals surface area contributed by atoms with Gasteiger partial charge in [-0.05, 0) is 55.0 Å². The van der Waals surface area contributed by atoms with E-state index in [1.165, 1.54) is 0 Å². The van der Waals surface area contributed by atoms with E-state index in [0.717, 1.165) is 11.1 Å². The molecule has 0 bridgehead atoms. The molecule has 0 aliphatic rings. The minimum atomic E-state index is -1.48. The molecule has 0 amide bonds. The van der Waals surface area contributed by atoms with Crippen molar-refractivity contribution < 1.29 is 4.21 Å². The molecule has 0 saturated heterocycles. The summed E-state index contributed by atoms with van der Waals surface area (Å²) in [7, 11) is -1.48. The topological polar surface area (TPSA) is 98.7 Å². The summed E-state index contributed by atoms with van der Waals surface area (Å²) in [5.74, 6) is 0. The zero-order valence-corrected chi connectivity index (χ0v) is 16.5. The maximum Gasteiger partial charge on any atom is 0.202 e. The Bertz CT molecular complexity index is 1160. The number of halogens is 1. The van der Waals surface area contributed by atoms with Crippen molar-refractivity contribution >= 4 is 39.4 Å². The van der Waals surface area contributed by atoms with E-state index in [1.807, 2.05) is 25.1 Å². The molecule has 2 heterocycles. The second-order valence-corrected chi connectivity index (χ2v) is 7.89. The van der Waals surface area contributed by atoms with Crippen molar-refractivity contribution in [2.75, 3.05) is 4.72 Å². The maximum atomic E-state index is 12.8. The highest BCUT2D eigenvalue weighted by atomic mass is 35.5. The molecule has 4 rings (SSSR count). The van der Waals surface area contributed by atoms with Crippen LogP contribution in [0.3, 0.4) is 0 Å². The van der Waals surface area contributed by atoms with Crippen LogP contribution in [0.25, 0.3) is 16.9 Å². The molecule has 28 heavy (non-hydrogen) atoms. The third kappa shape index (κ3) is 3.62. The first-order valence-corrected chi connectivity index (χ1v) is 10.1. The largest absolute Gasteiger partial charge is 0.324 e. The van der Waals surface area contributed by atoms with Gasteiger partial charge in [-0.15, -0.1) is 5.10 Å². The Hall–Kier alpha value is -2.81. The van der Waals surface area contributed by atoms with Gasteiger partial charge in [-0.2, -0.15) is 0 Å². The molecule has 4 aromatic rings. The minimum absolute atomic E-state index is 0.0764. The molecule has 9 heteroatoms. The molecule has 7 nitrogen and oxygen atoms in total. The Morgan fingerprint density at radius 2 is 1.96 bits per heavy atom. The van der Waals surface area contributed by atoms with E-state index < -0.39 is 11.0 Å². The first-order chi connectivity index (χ1) is 13.5. The van der Waals surface area contributed by atoms with Crippen LogP contribution < -0.4 is 10.5 Å². The number of nitrogens with one attached hydrogen (secondary N) is 1. The van der Waals surface area contributed by atoms with Gasteiger partial charge in [-0.3, -0.25) is 4.72 Å². The Morgan fingerprint density at radius 1 is 1.18 bits per heavy atom. The van der Waals surface area contributed by atoms with Gasteiger partial charge in [0, 0.05) is 17.3 Å². The number of fused-ring (bicyclic) bond motifs is 1. The number of aromatic nitrogens is 4. The van der Waals surface area contributed by atoms with Gasteiger partial charge >= 0.3 is 0 Å². The summed E-state index contributed by atoms with van der Waals surface area (Å²) in [5, 5.41) is 8.77. The van der Waals surface area contributed by atoms with E-state index in [9.17, 15) is 4.21 Å². The van der Waals surface area contributed by atoms with Gasteiger partial charge in [0.25, 0.3) is 0 Å². The summed E-state index contributed by atoms with van der Waals surface area (Å²) in [4.78, 5) is 4.83. The van der Waals surface area contributed by atoms with Crippen LogP contribution in [-0.2, 0) is 11.0 Å². The smallest absolute Gasteiger partial charge is 0.202 e. The second kappa shape index (κ2) is 7.67. The fourth-order valence-corrected chi connectivity index (χ4v) is 3.80. The van der Waals surface area contributed by atoms with Gasteiger partial charge in [-0.25, -0.2) is 13.9 Å². The van der Waals surface area contributed by atoms with Crippen LogP contribution in [0, 0.1) is 0 Å². The monoisotopic (exact) mass is 412 g/mol. The summed E-state index contributed by atoms with van der Waals surface area (Å²) in [6.45, 7) is 1.90. The molecular weight excluding hydrogens is 396 g/mol. The highest BCUT2D eigenvalue weighted by molar-refractivity contribution is 7.86. The van der Waals surface area contributed by atoms with Gasteiger partial charge in [0.1, 0.15) is 16.5 Å². The number of hydrogen-bond acceptors (Lipinski definition) is 5. The average Bonchev–Trinajstić information content (AvgIpc) is 3.13. The van der Waals surface area contributed by atoms with Crippen molar-refractivity contribution in [3.05, 3.63) is 71.4 Å². The number of hydrogen-bond donors (Lipinski definition) is 2. The van der Waals surface area contributed by atoms with Crippen molar-refractivity contribution in [3.8, 4) is 5.69 Å². The number of anilines is 1. The first-order valence-electron chi connectivity index (χ1n) is 8.53. The van der Waals surface area contributed by atoms with E-state index in [4.69, 9.17) is 17.3 Å². The molecule has 2 aromatic carbocycles. The van der Waals surface area contributed by atoms with Gasteiger partial charge in [0.15, 0.2) is 0 Å². The Morgan fingerprint density at radius 3 is 2.71 bits per heavy atom. The Balaban J connectivity index is 1.70. The molecule has 2 atom stereocenters. The van der Waals surface area contributed by atoms with Crippen LogP contribution in [0.1, 0.15) is 18.5 Å². The molecule has 2 unspecified atom stereocenters. The molecule has 0 aliphatic heterocycles. The fraction of sp³-hybridized carbons (Fsp3) is 0.105. The molecule has 0 radical (unpaired) electrons. The summed E-state index contributed by atoms with van der Waals surface area (Å²) < 4.78 is 17.5. The minimum Gasteiger partial charge on any atom is -0.324 e. The molecule has 0 saturated carbocycles. The Kier molecular flexibility index (Phi) is 5.08. The van der Waals surface area contributed by atoms with Crippen LogP contribution in [0.15, 0.2) is 65.7 Å². The molecule has 142 valence electrons. The van der Waals surface area contributed by atoms with Gasteiger partial charge in [0.05, 0.1) is 16.3 Å². The van der Waals surface area contributed by atoms with Crippen molar-refractivity contribution in [1.82, 2.24) is 20.0 Å². The quantitative estimate of drug-likeness (QED) is 0.521. The molecule has 3 N–H and O–H groups in total. The highest BCUT2D eigenvalue weighted by Crippen LogP contribution is 2.27. The third-order valence-electron chi connectivity index (χ3n) is 4.23. The lowest BCUT2D eigenvalue weighted by Crippen LogP contribution is -2.10. The highest BCUT2D eigenvalue weighted by Gasteiger charge is 2.14. The Labute approximate surface area is 169 Å². The zero-order chi connectivity index (χ0) is 19.7. The summed E-state index contributed by atoms with van der Waals surface area (Å²) in [5.41, 5.74) is 9.32. The fourth-order valence-electron chi connectivity index (χ4n) is 2.76. The molecular formula is C19H17ClN6OS. The number of nitrogens with two attached hydrogens (primary N) is 1. The predicted octanol–water partition coefficient (Wildman–Crippen LogP) is 3.62. The average molecular weight is 413 g/mol. The van der Waals surface area contributed by atoms with Gasteiger partial charge < -0.3 is 5.73 Å². The van der Waals surface area contributed by atoms with Gasteiger partial charge in [0.2, 0.25) is 5.65 Å². The molecule has 0 aliphatic carbocycles. The predicted molar refractivity (Wildman–Crippen MR) is 111 cm³/mol. The third-order valence-corrected chi connectivity index (χ3v) is 5.57. The first kappa shape index (κ1) is 18.5. The van der Waals surface area contributed by atoms with Crippen LogP contribution in [-0.4, -0.2) is 24.2 Å². The molecule has 0 spiro atoms. The summed E-state index contributed by atoms with van der Waals surface area (Å²) in [6, 6.07) is 16.1. The lowest BCUT2D eigenvalue weighted by Gasteiger charge is -2.13. The van der Waals surface area contributed by atoms with Crippen LogP contribution >= 0.6 is 11.6 Å². The van der Waals surface area contributed by atoms with Crippen molar-refractivity contribution in [3.63, 3.8) is 0 Å². The normalized spacial score (nSPS) is 13.4. The lowest BCUT2D eigenvalue weighted by atomic mass is 10.1. The van der Waals surface area contributed by atoms with Crippen LogP contribution in [0.5, 0.6) is 0 Å². The molecule has 2 aromatic heterocycles. The number of rotatable bonds is 5. The van der Waals surface area contributed by atoms with E-state index in [2.05, 4.69) is 20.0 Å². The van der Waals surface area contributed by atoms with Gasteiger partial charge in [-0.1, -0.05) is 28.9 Å². The van der Waals surface area contributed by atoms with Crippen molar-refractivity contribution in [2.45, 2.75) is 17.9 Å². The van der Waals surface area contributed by atoms with Crippen LogP contribution in [0.4, 0.5) is 5.69 Å². The van der Waals surface area contributed by atoms with E-state index in [0.29, 0.717) is 26.9 Å². The van der Waals surface area contributed by atoms with E-state index in [1.54, 1.807) is 47.3 Å². The van der Waals surface area contributed by atoms with Crippen molar-refractivity contribution in [2.24, 2.45) is 5.73 Å². The lowest BCUT2D eigenvalue weighted by molar-refractivity contribution is 0.686. The van der Waals surface area contributed by atoms with E-state index in [-0.39, 0.29) is 6.04 Å². The van der Waals surface area contributed by atoms with E-state index >= 15 is 0 Å². The number of nitrogens with zero attached hydrogens (tertiary/aromatic N) is 4. The number of benzene rings is 2. The maximum absolute atomic E-state index is 12.8. The molecule has 0 fully saturated rings. The van der Waals surface area contributed by atoms with Crippen molar-refractivity contribution in [1.29, 1.82) is 0 Å². The van der Waals surface area contributed by atoms with Crippen LogP contribution in [0.2, 0.25) is 5.02 Å². The second-order valence-electron chi connectivity index (χ2n) is 6.24. The number of pyridine rings is 1.